The second-order valence-electron chi connectivity index (χ2n) is 9.28. The Morgan fingerprint density at radius 3 is 2.57 bits per heavy atom. The van der Waals surface area contributed by atoms with Gasteiger partial charge in [-0.15, -0.1) is 0 Å². The van der Waals surface area contributed by atoms with E-state index in [-0.39, 0.29) is 11.9 Å². The van der Waals surface area contributed by atoms with Gasteiger partial charge >= 0.3 is 0 Å². The van der Waals surface area contributed by atoms with Crippen LogP contribution in [0.4, 0.5) is 15.9 Å². The maximum absolute atomic E-state index is 13.8. The lowest BCUT2D eigenvalue weighted by Crippen LogP contribution is -2.25. The minimum atomic E-state index is -0.273. The number of nitrogens with one attached hydrogen (secondary N) is 1. The lowest BCUT2D eigenvalue weighted by Gasteiger charge is -2.25. The molecule has 2 aliphatic carbocycles. The fourth-order valence-corrected chi connectivity index (χ4v) is 5.03. The predicted molar refractivity (Wildman–Crippen MR) is 142 cm³/mol. The number of nitrogens with zero attached hydrogens (tertiary/aromatic N) is 5. The van der Waals surface area contributed by atoms with Gasteiger partial charge in [-0.05, 0) is 74.2 Å². The van der Waals surface area contributed by atoms with Crippen LogP contribution in [-0.2, 0) is 4.74 Å². The quantitative estimate of drug-likeness (QED) is 0.319. The van der Waals surface area contributed by atoms with Crippen molar-refractivity contribution in [2.75, 3.05) is 12.4 Å². The lowest BCUT2D eigenvalue weighted by atomic mass is 9.93. The van der Waals surface area contributed by atoms with Gasteiger partial charge < -0.3 is 14.6 Å². The molecule has 37 heavy (non-hydrogen) atoms. The Balaban J connectivity index is 1.57. The molecule has 0 radical (unpaired) electrons. The molecule has 0 bridgehead atoms. The number of anilines is 2. The SMILES string of the molecule is COC1CCC(/N=c2\cc3n(-c4ccc(F)cc4)c4ccccc4nc-3cc2Nc2cnccn2)CC1. The summed E-state index contributed by atoms with van der Waals surface area (Å²) in [5.41, 5.74) is 5.12. The summed E-state index contributed by atoms with van der Waals surface area (Å²) in [7, 11) is 1.78. The first kappa shape index (κ1) is 23.2. The fourth-order valence-electron chi connectivity index (χ4n) is 5.03. The van der Waals surface area contributed by atoms with E-state index in [1.165, 1.54) is 12.1 Å². The van der Waals surface area contributed by atoms with Gasteiger partial charge in [0.15, 0.2) is 0 Å². The van der Waals surface area contributed by atoms with Gasteiger partial charge in [-0.2, -0.15) is 0 Å². The Hall–Kier alpha value is -4.17. The van der Waals surface area contributed by atoms with Gasteiger partial charge in [0.2, 0.25) is 0 Å². The van der Waals surface area contributed by atoms with Crippen molar-refractivity contribution in [3.63, 3.8) is 0 Å². The van der Waals surface area contributed by atoms with Crippen molar-refractivity contribution in [1.82, 2.24) is 19.5 Å². The number of aromatic nitrogens is 4. The van der Waals surface area contributed by atoms with E-state index in [9.17, 15) is 4.39 Å². The number of ether oxygens (including phenoxy) is 1. The summed E-state index contributed by atoms with van der Waals surface area (Å²) in [5, 5.41) is 4.22. The predicted octanol–water partition coefficient (Wildman–Crippen LogP) is 5.66. The van der Waals surface area contributed by atoms with Crippen LogP contribution < -0.4 is 10.7 Å². The Labute approximate surface area is 214 Å². The van der Waals surface area contributed by atoms with Crippen LogP contribution in [0.25, 0.3) is 28.1 Å². The number of hydrogen-bond donors (Lipinski definition) is 1. The first-order valence-electron chi connectivity index (χ1n) is 12.5. The van der Waals surface area contributed by atoms with E-state index in [2.05, 4.69) is 25.9 Å². The number of halogens is 1. The van der Waals surface area contributed by atoms with Crippen LogP contribution in [0, 0.1) is 5.82 Å². The summed E-state index contributed by atoms with van der Waals surface area (Å²) < 4.78 is 21.5. The molecular weight excluding hydrogens is 467 g/mol. The molecule has 1 N–H and O–H groups in total. The van der Waals surface area contributed by atoms with E-state index in [1.807, 2.05) is 30.3 Å². The number of hydrogen-bond acceptors (Lipinski definition) is 6. The van der Waals surface area contributed by atoms with Crippen molar-refractivity contribution in [2.45, 2.75) is 37.8 Å². The lowest BCUT2D eigenvalue weighted by molar-refractivity contribution is 0.0663. The minimum absolute atomic E-state index is 0.193. The normalized spacial score (nSPS) is 18.4. The third kappa shape index (κ3) is 4.80. The standard InChI is InChI=1S/C29H27FN6O/c1-37-22-12-8-20(9-13-22)33-25-17-28-26(16-24(25)35-29-18-31-14-15-32-29)34-23-4-2-3-5-27(23)36(28)21-10-6-19(30)7-11-21/h2-7,10-11,14-18,20,22H,8-9,12-13H2,1H3,(H,32,35)/b33-25+. The minimum Gasteiger partial charge on any atom is -0.381 e. The molecule has 8 heteroatoms. The monoisotopic (exact) mass is 494 g/mol. The van der Waals surface area contributed by atoms with Crippen molar-refractivity contribution >= 4 is 22.5 Å². The van der Waals surface area contributed by atoms with Gasteiger partial charge in [0.05, 0.1) is 51.8 Å². The highest BCUT2D eigenvalue weighted by atomic mass is 19.1. The summed E-state index contributed by atoms with van der Waals surface area (Å²) in [6.07, 6.45) is 9.20. The molecule has 2 heterocycles. The van der Waals surface area contributed by atoms with Crippen LogP contribution in [0.2, 0.25) is 0 Å². The molecule has 3 aromatic rings. The van der Waals surface area contributed by atoms with Crippen LogP contribution >= 0.6 is 0 Å². The molecule has 1 saturated carbocycles. The van der Waals surface area contributed by atoms with E-state index >= 15 is 0 Å². The highest BCUT2D eigenvalue weighted by molar-refractivity contribution is 5.84. The highest BCUT2D eigenvalue weighted by Gasteiger charge is 2.21. The molecule has 0 unspecified atom stereocenters. The summed E-state index contributed by atoms with van der Waals surface area (Å²) in [4.78, 5) is 18.7. The largest absolute Gasteiger partial charge is 0.381 e. The molecule has 0 saturated heterocycles. The van der Waals surface area contributed by atoms with Crippen LogP contribution in [0.1, 0.15) is 25.7 Å². The van der Waals surface area contributed by atoms with Gasteiger partial charge in [-0.1, -0.05) is 12.1 Å². The zero-order valence-corrected chi connectivity index (χ0v) is 20.5. The molecule has 1 fully saturated rings. The van der Waals surface area contributed by atoms with E-state index in [1.54, 1.807) is 37.8 Å². The van der Waals surface area contributed by atoms with Crippen molar-refractivity contribution in [2.24, 2.45) is 4.99 Å². The van der Waals surface area contributed by atoms with Gasteiger partial charge in [-0.25, -0.2) is 14.4 Å². The van der Waals surface area contributed by atoms with Crippen LogP contribution in [-0.4, -0.2) is 38.8 Å². The topological polar surface area (TPSA) is 77.2 Å². The molecule has 186 valence electrons. The third-order valence-corrected chi connectivity index (χ3v) is 6.91. The van der Waals surface area contributed by atoms with E-state index < -0.39 is 0 Å². The molecule has 1 aliphatic heterocycles. The second-order valence-corrected chi connectivity index (χ2v) is 9.28. The van der Waals surface area contributed by atoms with Gasteiger partial charge in [0, 0.05) is 25.2 Å². The van der Waals surface area contributed by atoms with Gasteiger partial charge in [0.1, 0.15) is 11.6 Å². The maximum atomic E-state index is 13.8. The molecule has 1 aromatic heterocycles. The second kappa shape index (κ2) is 10.1. The summed E-state index contributed by atoms with van der Waals surface area (Å²) in [6, 6.07) is 18.8. The molecule has 0 atom stereocenters. The Bertz CT molecular complexity index is 1560. The van der Waals surface area contributed by atoms with Crippen LogP contribution in [0.3, 0.4) is 0 Å². The van der Waals surface area contributed by atoms with E-state index in [0.29, 0.717) is 11.9 Å². The maximum Gasteiger partial charge on any atom is 0.148 e. The Kier molecular flexibility index (Phi) is 6.32. The van der Waals surface area contributed by atoms with Crippen molar-refractivity contribution in [3.8, 4) is 17.1 Å². The van der Waals surface area contributed by atoms with E-state index in [4.69, 9.17) is 14.7 Å². The molecule has 7 nitrogen and oxygen atoms in total. The number of rotatable bonds is 5. The molecule has 0 amide bonds. The highest BCUT2D eigenvalue weighted by Crippen LogP contribution is 2.31. The zero-order valence-electron chi connectivity index (χ0n) is 20.5. The summed E-state index contributed by atoms with van der Waals surface area (Å²) >= 11 is 0. The number of para-hydroxylation sites is 2. The average molecular weight is 495 g/mol. The van der Waals surface area contributed by atoms with Gasteiger partial charge in [-0.3, -0.25) is 9.98 Å². The van der Waals surface area contributed by atoms with E-state index in [0.717, 1.165) is 64.8 Å². The average Bonchev–Trinajstić information content (AvgIpc) is 2.94. The fraction of sp³-hybridized carbons (Fsp3) is 0.241. The summed E-state index contributed by atoms with van der Waals surface area (Å²) in [6.45, 7) is 0. The molecule has 2 aromatic carbocycles. The first-order chi connectivity index (χ1) is 18.2. The molecule has 6 rings (SSSR count). The number of benzene rings is 3. The van der Waals surface area contributed by atoms with Crippen LogP contribution in [0.15, 0.2) is 84.2 Å². The third-order valence-electron chi connectivity index (χ3n) is 6.91. The van der Waals surface area contributed by atoms with Crippen molar-refractivity contribution in [3.05, 3.63) is 90.4 Å². The first-order valence-corrected chi connectivity index (χ1v) is 12.5. The van der Waals surface area contributed by atoms with Crippen molar-refractivity contribution in [1.29, 1.82) is 0 Å². The Morgan fingerprint density at radius 2 is 1.81 bits per heavy atom. The van der Waals surface area contributed by atoms with Gasteiger partial charge in [0.25, 0.3) is 0 Å². The van der Waals surface area contributed by atoms with Crippen LogP contribution in [0.5, 0.6) is 0 Å². The molecular formula is C29H27FN6O. The molecule has 3 aliphatic rings. The number of fused-ring (bicyclic) bond motifs is 2. The Morgan fingerprint density at radius 1 is 1.00 bits per heavy atom. The zero-order chi connectivity index (χ0) is 25.2. The smallest absolute Gasteiger partial charge is 0.148 e. The molecule has 0 spiro atoms. The summed E-state index contributed by atoms with van der Waals surface area (Å²) in [5.74, 6) is 0.360. The number of methoxy groups -OCH3 is 1. The van der Waals surface area contributed by atoms with Crippen molar-refractivity contribution < 1.29 is 9.13 Å².